The molecule has 1 aliphatic rings. The standard InChI is InChI=1S/C17H19N3O4/c1-19-16(22)13-5-3-2-4-12(13)14(18-19)10-15(21)20-8-6-11(7-9-20)17(23)24/h2-5,11H,6-10H2,1H3,(H,23,24). The summed E-state index contributed by atoms with van der Waals surface area (Å²) in [4.78, 5) is 37.3. The second-order valence-electron chi connectivity index (χ2n) is 6.09. The maximum absolute atomic E-state index is 12.5. The summed E-state index contributed by atoms with van der Waals surface area (Å²) in [5, 5.41) is 14.5. The number of aromatic nitrogens is 2. The molecule has 0 spiro atoms. The van der Waals surface area contributed by atoms with E-state index in [2.05, 4.69) is 5.10 Å². The SMILES string of the molecule is Cn1nc(CC(=O)N2CCC(C(=O)O)CC2)c2ccccc2c1=O. The van der Waals surface area contributed by atoms with Crippen molar-refractivity contribution >= 4 is 22.6 Å². The molecule has 2 aromatic rings. The zero-order valence-corrected chi connectivity index (χ0v) is 13.4. The summed E-state index contributed by atoms with van der Waals surface area (Å²) < 4.78 is 1.25. The highest BCUT2D eigenvalue weighted by atomic mass is 16.4. The first kappa shape index (κ1) is 16.2. The first-order valence-corrected chi connectivity index (χ1v) is 7.93. The molecule has 24 heavy (non-hydrogen) atoms. The van der Waals surface area contributed by atoms with Crippen LogP contribution in [0.5, 0.6) is 0 Å². The van der Waals surface area contributed by atoms with Crippen LogP contribution in [0.25, 0.3) is 10.8 Å². The number of rotatable bonds is 3. The molecule has 1 N–H and O–H groups in total. The highest BCUT2D eigenvalue weighted by Crippen LogP contribution is 2.19. The minimum atomic E-state index is -0.798. The number of carboxylic acids is 1. The molecule has 1 fully saturated rings. The minimum Gasteiger partial charge on any atom is -0.481 e. The molecule has 1 aliphatic heterocycles. The molecule has 0 aliphatic carbocycles. The van der Waals surface area contributed by atoms with Gasteiger partial charge in [0.2, 0.25) is 5.91 Å². The third-order valence-electron chi connectivity index (χ3n) is 4.55. The molecule has 126 valence electrons. The highest BCUT2D eigenvalue weighted by molar-refractivity contribution is 5.88. The van der Waals surface area contributed by atoms with E-state index >= 15 is 0 Å². The van der Waals surface area contributed by atoms with E-state index in [1.54, 1.807) is 30.1 Å². The Bertz CT molecular complexity index is 851. The van der Waals surface area contributed by atoms with Crippen LogP contribution in [0.3, 0.4) is 0 Å². The Hall–Kier alpha value is -2.70. The lowest BCUT2D eigenvalue weighted by Crippen LogP contribution is -2.41. The number of piperidine rings is 1. The minimum absolute atomic E-state index is 0.0878. The number of carbonyl (C=O) groups excluding carboxylic acids is 1. The number of carboxylic acid groups (broad SMARTS) is 1. The van der Waals surface area contributed by atoms with Crippen LogP contribution in [-0.4, -0.2) is 44.8 Å². The van der Waals surface area contributed by atoms with Crippen molar-refractivity contribution in [1.82, 2.24) is 14.7 Å². The zero-order valence-electron chi connectivity index (χ0n) is 13.4. The van der Waals surface area contributed by atoms with Gasteiger partial charge in [0.1, 0.15) is 0 Å². The molecule has 1 amide bonds. The van der Waals surface area contributed by atoms with Crippen LogP contribution in [0.1, 0.15) is 18.5 Å². The Morgan fingerprint density at radius 1 is 1.21 bits per heavy atom. The molecule has 0 unspecified atom stereocenters. The molecule has 0 radical (unpaired) electrons. The van der Waals surface area contributed by atoms with E-state index in [9.17, 15) is 14.4 Å². The van der Waals surface area contributed by atoms with Crippen LogP contribution in [0.15, 0.2) is 29.1 Å². The zero-order chi connectivity index (χ0) is 17.3. The fourth-order valence-electron chi connectivity index (χ4n) is 3.14. The molecule has 0 saturated carbocycles. The van der Waals surface area contributed by atoms with E-state index in [4.69, 9.17) is 5.11 Å². The number of aryl methyl sites for hydroxylation is 1. The van der Waals surface area contributed by atoms with Crippen molar-refractivity contribution in [2.24, 2.45) is 13.0 Å². The predicted molar refractivity (Wildman–Crippen MR) is 87.6 cm³/mol. The highest BCUT2D eigenvalue weighted by Gasteiger charge is 2.27. The largest absolute Gasteiger partial charge is 0.481 e. The lowest BCUT2D eigenvalue weighted by Gasteiger charge is -2.30. The Kier molecular flexibility index (Phi) is 4.33. The summed E-state index contributed by atoms with van der Waals surface area (Å²) in [6.45, 7) is 0.888. The van der Waals surface area contributed by atoms with Crippen LogP contribution < -0.4 is 5.56 Å². The van der Waals surface area contributed by atoms with Crippen molar-refractivity contribution in [2.75, 3.05) is 13.1 Å². The summed E-state index contributed by atoms with van der Waals surface area (Å²) in [6.07, 6.45) is 1.05. The van der Waals surface area contributed by atoms with Gasteiger partial charge >= 0.3 is 5.97 Å². The molecule has 1 aromatic carbocycles. The van der Waals surface area contributed by atoms with Gasteiger partial charge in [-0.25, -0.2) is 4.68 Å². The molecular weight excluding hydrogens is 310 g/mol. The average molecular weight is 329 g/mol. The normalized spacial score (nSPS) is 15.6. The summed E-state index contributed by atoms with van der Waals surface area (Å²) in [5.74, 6) is -1.26. The Balaban J connectivity index is 1.81. The lowest BCUT2D eigenvalue weighted by molar-refractivity contribution is -0.145. The van der Waals surface area contributed by atoms with Gasteiger partial charge in [0.25, 0.3) is 5.56 Å². The quantitative estimate of drug-likeness (QED) is 0.899. The number of hydrogen-bond donors (Lipinski definition) is 1. The van der Waals surface area contributed by atoms with Gasteiger partial charge in [0, 0.05) is 25.5 Å². The molecule has 0 bridgehead atoms. The Morgan fingerprint density at radius 3 is 2.46 bits per heavy atom. The Morgan fingerprint density at radius 2 is 1.83 bits per heavy atom. The number of amides is 1. The number of hydrogen-bond acceptors (Lipinski definition) is 4. The number of aliphatic carboxylic acids is 1. The molecule has 7 heteroatoms. The monoisotopic (exact) mass is 329 g/mol. The van der Waals surface area contributed by atoms with E-state index in [0.717, 1.165) is 0 Å². The first-order chi connectivity index (χ1) is 11.5. The third kappa shape index (κ3) is 3.02. The molecule has 2 heterocycles. The summed E-state index contributed by atoms with van der Waals surface area (Å²) in [5.41, 5.74) is 0.377. The number of nitrogens with zero attached hydrogens (tertiary/aromatic N) is 3. The molecular formula is C17H19N3O4. The molecule has 0 atom stereocenters. The number of likely N-dealkylation sites (tertiary alicyclic amines) is 1. The summed E-state index contributed by atoms with van der Waals surface area (Å²) >= 11 is 0. The van der Waals surface area contributed by atoms with Crippen LogP contribution in [0.4, 0.5) is 0 Å². The van der Waals surface area contributed by atoms with Crippen molar-refractivity contribution in [3.63, 3.8) is 0 Å². The summed E-state index contributed by atoms with van der Waals surface area (Å²) in [6, 6.07) is 7.12. The van der Waals surface area contributed by atoms with E-state index in [1.165, 1.54) is 4.68 Å². The van der Waals surface area contributed by atoms with E-state index in [-0.39, 0.29) is 23.8 Å². The fourth-order valence-corrected chi connectivity index (χ4v) is 3.14. The molecule has 1 aromatic heterocycles. The van der Waals surface area contributed by atoms with Crippen molar-refractivity contribution in [3.8, 4) is 0 Å². The van der Waals surface area contributed by atoms with E-state index in [1.807, 2.05) is 6.07 Å². The van der Waals surface area contributed by atoms with Gasteiger partial charge in [-0.3, -0.25) is 14.4 Å². The van der Waals surface area contributed by atoms with Crippen molar-refractivity contribution in [3.05, 3.63) is 40.3 Å². The molecule has 3 rings (SSSR count). The maximum atomic E-state index is 12.5. The van der Waals surface area contributed by atoms with Gasteiger partial charge in [-0.05, 0) is 18.9 Å². The second kappa shape index (κ2) is 6.43. The lowest BCUT2D eigenvalue weighted by atomic mass is 9.97. The first-order valence-electron chi connectivity index (χ1n) is 7.93. The fraction of sp³-hybridized carbons (Fsp3) is 0.412. The van der Waals surface area contributed by atoms with Gasteiger partial charge in [0.05, 0.1) is 23.4 Å². The van der Waals surface area contributed by atoms with Gasteiger partial charge in [-0.2, -0.15) is 5.10 Å². The van der Waals surface area contributed by atoms with Gasteiger partial charge in [0.15, 0.2) is 0 Å². The molecule has 1 saturated heterocycles. The maximum Gasteiger partial charge on any atom is 0.306 e. The van der Waals surface area contributed by atoms with E-state index < -0.39 is 5.97 Å². The topological polar surface area (TPSA) is 92.5 Å². The van der Waals surface area contributed by atoms with E-state index in [0.29, 0.717) is 42.4 Å². The van der Waals surface area contributed by atoms with Crippen molar-refractivity contribution in [2.45, 2.75) is 19.3 Å². The second-order valence-corrected chi connectivity index (χ2v) is 6.09. The third-order valence-corrected chi connectivity index (χ3v) is 4.55. The van der Waals surface area contributed by atoms with Gasteiger partial charge in [-0.15, -0.1) is 0 Å². The van der Waals surface area contributed by atoms with Gasteiger partial charge in [-0.1, -0.05) is 18.2 Å². The summed E-state index contributed by atoms with van der Waals surface area (Å²) in [7, 11) is 1.57. The number of benzene rings is 1. The smallest absolute Gasteiger partial charge is 0.306 e. The van der Waals surface area contributed by atoms with Crippen LogP contribution in [0, 0.1) is 5.92 Å². The number of fused-ring (bicyclic) bond motifs is 1. The van der Waals surface area contributed by atoms with Gasteiger partial charge < -0.3 is 10.0 Å². The van der Waals surface area contributed by atoms with Crippen molar-refractivity contribution in [1.29, 1.82) is 0 Å². The van der Waals surface area contributed by atoms with Crippen LogP contribution in [0.2, 0.25) is 0 Å². The average Bonchev–Trinajstić information content (AvgIpc) is 2.59. The Labute approximate surface area is 138 Å². The number of carbonyl (C=O) groups is 2. The predicted octanol–water partition coefficient (Wildman–Crippen LogP) is 0.799. The van der Waals surface area contributed by atoms with Crippen LogP contribution in [-0.2, 0) is 23.1 Å². The van der Waals surface area contributed by atoms with Crippen molar-refractivity contribution < 1.29 is 14.7 Å². The molecule has 7 nitrogen and oxygen atoms in total. The van der Waals surface area contributed by atoms with Crippen LogP contribution >= 0.6 is 0 Å².